The molecule has 8 atom stereocenters. The van der Waals surface area contributed by atoms with Gasteiger partial charge in [-0.2, -0.15) is 0 Å². The number of ether oxygens (including phenoxy) is 1. The Kier molecular flexibility index (Phi) is 4.53. The van der Waals surface area contributed by atoms with Crippen molar-refractivity contribution in [2.75, 3.05) is 0 Å². The lowest BCUT2D eigenvalue weighted by Crippen LogP contribution is -2.51. The summed E-state index contributed by atoms with van der Waals surface area (Å²) in [6.07, 6.45) is 11.8. The van der Waals surface area contributed by atoms with Crippen molar-refractivity contribution in [3.63, 3.8) is 0 Å². The van der Waals surface area contributed by atoms with Crippen molar-refractivity contribution >= 4 is 5.97 Å². The molecule has 8 unspecified atom stereocenters. The van der Waals surface area contributed by atoms with Crippen LogP contribution in [-0.2, 0) is 9.53 Å². The normalized spacial score (nSPS) is 48.7. The van der Waals surface area contributed by atoms with E-state index in [4.69, 9.17) is 4.74 Å². The summed E-state index contributed by atoms with van der Waals surface area (Å²) in [5.41, 5.74) is 2.18. The first kappa shape index (κ1) is 18.5. The average molecular weight is 361 g/mol. The second-order valence-corrected chi connectivity index (χ2v) is 10.2. The van der Waals surface area contributed by atoms with Crippen molar-refractivity contribution < 1.29 is 14.6 Å². The molecule has 0 saturated heterocycles. The van der Waals surface area contributed by atoms with Crippen LogP contribution in [0.1, 0.15) is 79.1 Å². The van der Waals surface area contributed by atoms with Crippen LogP contribution in [0, 0.1) is 34.5 Å². The monoisotopic (exact) mass is 360 g/mol. The molecule has 0 radical (unpaired) electrons. The van der Waals surface area contributed by atoms with Crippen LogP contribution in [0.4, 0.5) is 0 Å². The first-order valence-corrected chi connectivity index (χ1v) is 10.8. The number of aliphatic hydroxyl groups is 1. The Hall–Kier alpha value is -0.830. The zero-order valence-corrected chi connectivity index (χ0v) is 17.0. The lowest BCUT2D eigenvalue weighted by atomic mass is 9.47. The first-order chi connectivity index (χ1) is 12.3. The minimum atomic E-state index is -0.175. The van der Waals surface area contributed by atoms with Crippen molar-refractivity contribution in [3.05, 3.63) is 11.6 Å². The van der Waals surface area contributed by atoms with E-state index in [9.17, 15) is 9.90 Å². The van der Waals surface area contributed by atoms with E-state index in [1.54, 1.807) is 5.57 Å². The minimum Gasteiger partial charge on any atom is -0.462 e. The van der Waals surface area contributed by atoms with Gasteiger partial charge in [-0.15, -0.1) is 0 Å². The number of allylic oxidation sites excluding steroid dienone is 1. The van der Waals surface area contributed by atoms with Crippen LogP contribution in [0.25, 0.3) is 0 Å². The smallest absolute Gasteiger partial charge is 0.302 e. The highest BCUT2D eigenvalue weighted by atomic mass is 16.5. The van der Waals surface area contributed by atoms with Crippen LogP contribution >= 0.6 is 0 Å². The molecule has 0 amide bonds. The van der Waals surface area contributed by atoms with Crippen LogP contribution in [0.2, 0.25) is 0 Å². The number of carbonyl (C=O) groups excluding carboxylic acids is 1. The van der Waals surface area contributed by atoms with Crippen LogP contribution < -0.4 is 0 Å². The number of hydrogen-bond acceptors (Lipinski definition) is 3. The molecular weight excluding hydrogens is 324 g/mol. The third-order valence-electron chi connectivity index (χ3n) is 9.05. The van der Waals surface area contributed by atoms with Gasteiger partial charge in [-0.1, -0.05) is 25.5 Å². The first-order valence-electron chi connectivity index (χ1n) is 10.8. The van der Waals surface area contributed by atoms with E-state index in [0.717, 1.165) is 37.0 Å². The third-order valence-corrected chi connectivity index (χ3v) is 9.05. The van der Waals surface area contributed by atoms with Crippen LogP contribution in [0.5, 0.6) is 0 Å². The maximum absolute atomic E-state index is 11.4. The highest BCUT2D eigenvalue weighted by Gasteiger charge is 2.59. The highest BCUT2D eigenvalue weighted by Crippen LogP contribution is 2.66. The molecule has 0 heterocycles. The van der Waals surface area contributed by atoms with Gasteiger partial charge in [0.1, 0.15) is 6.10 Å². The van der Waals surface area contributed by atoms with E-state index >= 15 is 0 Å². The molecule has 26 heavy (non-hydrogen) atoms. The molecule has 0 aromatic rings. The van der Waals surface area contributed by atoms with Gasteiger partial charge in [0.2, 0.25) is 0 Å². The molecular formula is C23H36O3. The second kappa shape index (κ2) is 6.36. The molecule has 4 aliphatic rings. The summed E-state index contributed by atoms with van der Waals surface area (Å²) in [6.45, 7) is 8.49. The number of rotatable bonds is 2. The van der Waals surface area contributed by atoms with Crippen molar-refractivity contribution in [1.82, 2.24) is 0 Å². The number of fused-ring (bicyclic) bond motifs is 5. The molecule has 1 N–H and O–H groups in total. The zero-order chi connectivity index (χ0) is 18.7. The van der Waals surface area contributed by atoms with Crippen molar-refractivity contribution in [1.29, 1.82) is 0 Å². The van der Waals surface area contributed by atoms with Gasteiger partial charge in [0, 0.05) is 13.3 Å². The van der Waals surface area contributed by atoms with Gasteiger partial charge in [0.15, 0.2) is 0 Å². The maximum atomic E-state index is 11.4. The van der Waals surface area contributed by atoms with Crippen molar-refractivity contribution in [2.24, 2.45) is 34.5 Å². The van der Waals surface area contributed by atoms with Crippen molar-refractivity contribution in [3.8, 4) is 0 Å². The van der Waals surface area contributed by atoms with Gasteiger partial charge in [0.25, 0.3) is 0 Å². The fourth-order valence-electron chi connectivity index (χ4n) is 7.80. The summed E-state index contributed by atoms with van der Waals surface area (Å²) < 4.78 is 5.54. The lowest BCUT2D eigenvalue weighted by molar-refractivity contribution is -0.148. The molecule has 0 spiro atoms. The Morgan fingerprint density at radius 3 is 2.65 bits per heavy atom. The van der Waals surface area contributed by atoms with E-state index in [1.165, 1.54) is 39.0 Å². The minimum absolute atomic E-state index is 0.0864. The number of aliphatic hydroxyl groups excluding tert-OH is 1. The van der Waals surface area contributed by atoms with Gasteiger partial charge in [0.05, 0.1) is 6.10 Å². The molecule has 0 aromatic heterocycles. The Morgan fingerprint density at radius 2 is 1.96 bits per heavy atom. The SMILES string of the molecule is CC(=O)OC1CCC2(C)C(=CCC3C2CCC2(C)C(C(C)O)CCC32)C1. The Morgan fingerprint density at radius 1 is 1.19 bits per heavy atom. The Labute approximate surface area is 158 Å². The lowest BCUT2D eigenvalue weighted by Gasteiger charge is -2.58. The summed E-state index contributed by atoms with van der Waals surface area (Å²) in [6, 6.07) is 0. The quantitative estimate of drug-likeness (QED) is 0.564. The number of esters is 1. The van der Waals surface area contributed by atoms with Crippen LogP contribution in [0.3, 0.4) is 0 Å². The van der Waals surface area contributed by atoms with Gasteiger partial charge in [-0.3, -0.25) is 4.79 Å². The van der Waals surface area contributed by atoms with E-state index in [1.807, 2.05) is 6.92 Å². The summed E-state index contributed by atoms with van der Waals surface area (Å²) in [5.74, 6) is 2.65. The molecule has 4 aliphatic carbocycles. The summed E-state index contributed by atoms with van der Waals surface area (Å²) >= 11 is 0. The van der Waals surface area contributed by atoms with E-state index in [-0.39, 0.29) is 18.2 Å². The Balaban J connectivity index is 1.58. The fourth-order valence-corrected chi connectivity index (χ4v) is 7.80. The predicted molar refractivity (Wildman–Crippen MR) is 102 cm³/mol. The molecule has 3 nitrogen and oxygen atoms in total. The predicted octanol–water partition coefficient (Wildman–Crippen LogP) is 4.88. The molecule has 0 bridgehead atoms. The van der Waals surface area contributed by atoms with E-state index in [2.05, 4.69) is 19.9 Å². The van der Waals surface area contributed by atoms with Crippen LogP contribution in [0.15, 0.2) is 11.6 Å². The Bertz CT molecular complexity index is 609. The average Bonchev–Trinajstić information content (AvgIpc) is 2.92. The van der Waals surface area contributed by atoms with Gasteiger partial charge >= 0.3 is 5.97 Å². The van der Waals surface area contributed by atoms with Gasteiger partial charge in [-0.05, 0) is 86.4 Å². The van der Waals surface area contributed by atoms with Crippen LogP contribution in [-0.4, -0.2) is 23.3 Å². The summed E-state index contributed by atoms with van der Waals surface area (Å²) in [5, 5.41) is 10.3. The van der Waals surface area contributed by atoms with E-state index < -0.39 is 0 Å². The number of hydrogen-bond donors (Lipinski definition) is 1. The molecule has 4 rings (SSSR count). The molecule has 3 heteroatoms. The summed E-state index contributed by atoms with van der Waals surface area (Å²) in [7, 11) is 0. The van der Waals surface area contributed by atoms with E-state index in [0.29, 0.717) is 16.7 Å². The molecule has 0 aliphatic heterocycles. The molecule has 0 aromatic carbocycles. The standard InChI is InChI=1S/C23H36O3/c1-14(24)19-7-8-20-18-6-5-16-13-17(26-15(2)25)9-11-22(16,3)21(18)10-12-23(19,20)4/h5,14,17-21,24H,6-13H2,1-4H3. The zero-order valence-electron chi connectivity index (χ0n) is 17.0. The van der Waals surface area contributed by atoms with Crippen molar-refractivity contribution in [2.45, 2.75) is 91.3 Å². The largest absolute Gasteiger partial charge is 0.462 e. The fraction of sp³-hybridized carbons (Fsp3) is 0.870. The molecule has 3 fully saturated rings. The van der Waals surface area contributed by atoms with Gasteiger partial charge in [-0.25, -0.2) is 0 Å². The summed E-state index contributed by atoms with van der Waals surface area (Å²) in [4.78, 5) is 11.4. The van der Waals surface area contributed by atoms with Gasteiger partial charge < -0.3 is 9.84 Å². The topological polar surface area (TPSA) is 46.5 Å². The number of carbonyl (C=O) groups is 1. The molecule has 3 saturated carbocycles. The molecule has 146 valence electrons. The second-order valence-electron chi connectivity index (χ2n) is 10.2. The third kappa shape index (κ3) is 2.68. The maximum Gasteiger partial charge on any atom is 0.302 e. The highest BCUT2D eigenvalue weighted by molar-refractivity contribution is 5.66.